The first-order valence-electron chi connectivity index (χ1n) is 7.83. The summed E-state index contributed by atoms with van der Waals surface area (Å²) in [4.78, 5) is 16.6. The van der Waals surface area contributed by atoms with Crippen molar-refractivity contribution in [3.63, 3.8) is 0 Å². The average Bonchev–Trinajstić information content (AvgIpc) is 3.16. The molecule has 7 heteroatoms. The maximum atomic E-state index is 12.2. The number of aromatic nitrogens is 4. The Morgan fingerprint density at radius 2 is 2.00 bits per heavy atom. The van der Waals surface area contributed by atoms with E-state index in [4.69, 9.17) is 10.3 Å². The van der Waals surface area contributed by atoms with Gasteiger partial charge in [0.25, 0.3) is 11.4 Å². The van der Waals surface area contributed by atoms with Gasteiger partial charge in [-0.15, -0.1) is 0 Å². The van der Waals surface area contributed by atoms with Crippen LogP contribution in [-0.4, -0.2) is 20.3 Å². The smallest absolute Gasteiger partial charge is 0.277 e. The highest BCUT2D eigenvalue weighted by molar-refractivity contribution is 5.58. The fraction of sp³-hybridized carbons (Fsp3) is 0.600. The lowest BCUT2D eigenvalue weighted by molar-refractivity contribution is 0.372. The zero-order chi connectivity index (χ0) is 15.7. The zero-order valence-electron chi connectivity index (χ0n) is 13.0. The maximum Gasteiger partial charge on any atom is 0.277 e. The van der Waals surface area contributed by atoms with Gasteiger partial charge in [-0.3, -0.25) is 4.79 Å². The molecule has 2 aromatic heterocycles. The molecule has 0 aromatic carbocycles. The molecule has 0 bridgehead atoms. The molecule has 0 atom stereocenters. The summed E-state index contributed by atoms with van der Waals surface area (Å²) in [5.41, 5.74) is 7.66. The van der Waals surface area contributed by atoms with Crippen LogP contribution in [0.15, 0.2) is 9.32 Å². The van der Waals surface area contributed by atoms with Crippen LogP contribution in [0.2, 0.25) is 0 Å². The Hall–Kier alpha value is -2.02. The second-order valence-electron chi connectivity index (χ2n) is 5.85. The summed E-state index contributed by atoms with van der Waals surface area (Å²) >= 11 is 0. The second kappa shape index (κ2) is 5.64. The number of nitrogens with one attached hydrogen (secondary N) is 1. The minimum atomic E-state index is -0.526. The molecule has 1 saturated carbocycles. The number of aromatic amines is 1. The summed E-state index contributed by atoms with van der Waals surface area (Å²) in [5.74, 6) is 0.734. The lowest BCUT2D eigenvalue weighted by Crippen LogP contribution is -2.34. The molecule has 3 N–H and O–H groups in total. The second-order valence-corrected chi connectivity index (χ2v) is 5.85. The van der Waals surface area contributed by atoms with Crippen molar-refractivity contribution < 1.29 is 4.52 Å². The molecule has 0 amide bonds. The third kappa shape index (κ3) is 2.35. The van der Waals surface area contributed by atoms with E-state index in [9.17, 15) is 4.79 Å². The van der Waals surface area contributed by atoms with Gasteiger partial charge in [0.15, 0.2) is 5.82 Å². The van der Waals surface area contributed by atoms with Crippen LogP contribution in [-0.2, 0) is 18.4 Å². The summed E-state index contributed by atoms with van der Waals surface area (Å²) < 4.78 is 5.36. The molecule has 0 radical (unpaired) electrons. The molecule has 1 aliphatic rings. The molecule has 22 heavy (non-hydrogen) atoms. The Kier molecular flexibility index (Phi) is 3.82. The largest absolute Gasteiger partial charge is 0.334 e. The molecule has 0 saturated heterocycles. The molecular formula is C15H21N5O2. The van der Waals surface area contributed by atoms with Crippen LogP contribution in [0.4, 0.5) is 0 Å². The maximum absolute atomic E-state index is 12.2. The third-order valence-corrected chi connectivity index (χ3v) is 4.44. The number of hydrogen-bond donors (Lipinski definition) is 2. The van der Waals surface area contributed by atoms with Crippen LogP contribution in [0.1, 0.15) is 56.6 Å². The van der Waals surface area contributed by atoms with Crippen LogP contribution in [0.5, 0.6) is 0 Å². The van der Waals surface area contributed by atoms with Gasteiger partial charge in [-0.1, -0.05) is 31.8 Å². The molecule has 0 aliphatic heterocycles. The Bertz CT molecular complexity index is 728. The summed E-state index contributed by atoms with van der Waals surface area (Å²) in [7, 11) is 0. The van der Waals surface area contributed by atoms with Crippen molar-refractivity contribution in [3.05, 3.63) is 27.4 Å². The van der Waals surface area contributed by atoms with Crippen molar-refractivity contribution in [1.29, 1.82) is 0 Å². The Morgan fingerprint density at radius 3 is 2.64 bits per heavy atom. The molecule has 1 fully saturated rings. The van der Waals surface area contributed by atoms with Gasteiger partial charge in [0.2, 0.25) is 0 Å². The minimum Gasteiger partial charge on any atom is -0.334 e. The van der Waals surface area contributed by atoms with Crippen molar-refractivity contribution >= 4 is 0 Å². The number of hydrogen-bond acceptors (Lipinski definition) is 6. The summed E-state index contributed by atoms with van der Waals surface area (Å²) in [6.45, 7) is 3.98. The van der Waals surface area contributed by atoms with Gasteiger partial charge in [0, 0.05) is 0 Å². The van der Waals surface area contributed by atoms with E-state index < -0.39 is 5.54 Å². The van der Waals surface area contributed by atoms with E-state index in [1.165, 1.54) is 0 Å². The van der Waals surface area contributed by atoms with Crippen molar-refractivity contribution in [1.82, 2.24) is 20.3 Å². The van der Waals surface area contributed by atoms with E-state index in [1.54, 1.807) is 0 Å². The Morgan fingerprint density at radius 1 is 1.27 bits per heavy atom. The first-order chi connectivity index (χ1) is 10.6. The Labute approximate surface area is 128 Å². The van der Waals surface area contributed by atoms with Crippen molar-refractivity contribution in [2.45, 2.75) is 57.9 Å². The SMILES string of the molecule is CCc1n[nH]c(=O)c(-c2nc(C3(N)CCCC3)no2)c1CC. The minimum absolute atomic E-state index is 0.238. The van der Waals surface area contributed by atoms with E-state index in [1.807, 2.05) is 13.8 Å². The molecule has 0 spiro atoms. The normalized spacial score (nSPS) is 17.0. The Balaban J connectivity index is 2.09. The molecule has 1 aliphatic carbocycles. The van der Waals surface area contributed by atoms with Gasteiger partial charge in [-0.05, 0) is 31.2 Å². The molecule has 118 valence electrons. The number of nitrogens with two attached hydrogens (primary N) is 1. The van der Waals surface area contributed by atoms with Crippen molar-refractivity contribution in [2.24, 2.45) is 5.73 Å². The van der Waals surface area contributed by atoms with Crippen LogP contribution in [0, 0.1) is 0 Å². The highest BCUT2D eigenvalue weighted by atomic mass is 16.5. The van der Waals surface area contributed by atoms with Gasteiger partial charge >= 0.3 is 0 Å². The van der Waals surface area contributed by atoms with E-state index in [0.29, 0.717) is 17.8 Å². The molecule has 2 heterocycles. The van der Waals surface area contributed by atoms with Crippen LogP contribution >= 0.6 is 0 Å². The zero-order valence-corrected chi connectivity index (χ0v) is 13.0. The lowest BCUT2D eigenvalue weighted by Gasteiger charge is -2.17. The van der Waals surface area contributed by atoms with Crippen molar-refractivity contribution in [2.75, 3.05) is 0 Å². The summed E-state index contributed by atoms with van der Waals surface area (Å²) in [6, 6.07) is 0. The van der Waals surface area contributed by atoms with E-state index in [0.717, 1.165) is 43.4 Å². The standard InChI is InChI=1S/C15H21N5O2/c1-3-9-10(4-2)18-19-12(21)11(9)13-17-14(20-22-13)15(16)7-5-6-8-15/h3-8,16H2,1-2H3,(H,19,21). The molecular weight excluding hydrogens is 282 g/mol. The third-order valence-electron chi connectivity index (χ3n) is 4.44. The van der Waals surface area contributed by atoms with E-state index >= 15 is 0 Å². The monoisotopic (exact) mass is 303 g/mol. The highest BCUT2D eigenvalue weighted by Gasteiger charge is 2.36. The molecule has 0 unspecified atom stereocenters. The van der Waals surface area contributed by atoms with Crippen LogP contribution < -0.4 is 11.3 Å². The topological polar surface area (TPSA) is 111 Å². The molecule has 2 aromatic rings. The predicted octanol–water partition coefficient (Wildman–Crippen LogP) is 1.67. The number of H-pyrrole nitrogens is 1. The fourth-order valence-corrected chi connectivity index (χ4v) is 3.18. The predicted molar refractivity (Wildman–Crippen MR) is 81.2 cm³/mol. The van der Waals surface area contributed by atoms with Crippen LogP contribution in [0.25, 0.3) is 11.5 Å². The lowest BCUT2D eigenvalue weighted by atomic mass is 9.98. The van der Waals surface area contributed by atoms with Gasteiger partial charge < -0.3 is 10.3 Å². The first-order valence-corrected chi connectivity index (χ1v) is 7.83. The highest BCUT2D eigenvalue weighted by Crippen LogP contribution is 2.35. The first kappa shape index (κ1) is 14.9. The van der Waals surface area contributed by atoms with Crippen molar-refractivity contribution in [3.8, 4) is 11.5 Å². The van der Waals surface area contributed by atoms with Gasteiger partial charge in [0.1, 0.15) is 5.56 Å². The van der Waals surface area contributed by atoms with Gasteiger partial charge in [0.05, 0.1) is 11.2 Å². The molecule has 3 rings (SSSR count). The number of aryl methyl sites for hydroxylation is 1. The number of nitrogens with zero attached hydrogens (tertiary/aromatic N) is 3. The van der Waals surface area contributed by atoms with E-state index in [-0.39, 0.29) is 11.4 Å². The number of rotatable bonds is 4. The van der Waals surface area contributed by atoms with Crippen LogP contribution in [0.3, 0.4) is 0 Å². The average molecular weight is 303 g/mol. The van der Waals surface area contributed by atoms with Gasteiger partial charge in [-0.2, -0.15) is 10.1 Å². The van der Waals surface area contributed by atoms with E-state index in [2.05, 4.69) is 20.3 Å². The fourth-order valence-electron chi connectivity index (χ4n) is 3.18. The summed E-state index contributed by atoms with van der Waals surface area (Å²) in [5, 5.41) is 10.6. The van der Waals surface area contributed by atoms with Gasteiger partial charge in [-0.25, -0.2) is 5.10 Å². The molecule has 7 nitrogen and oxygen atoms in total. The quantitative estimate of drug-likeness (QED) is 0.889. The summed E-state index contributed by atoms with van der Waals surface area (Å²) in [6.07, 6.45) is 5.24.